The zero-order chi connectivity index (χ0) is 17.7. The van der Waals surface area contributed by atoms with E-state index in [1.165, 1.54) is 14.0 Å². The second-order valence-corrected chi connectivity index (χ2v) is 5.98. The Balaban J connectivity index is 2.12. The van der Waals surface area contributed by atoms with Gasteiger partial charge in [-0.1, -0.05) is 30.3 Å². The van der Waals surface area contributed by atoms with Gasteiger partial charge in [-0.15, -0.1) is 0 Å². The number of aliphatic hydroxyl groups is 1. The van der Waals surface area contributed by atoms with E-state index in [-0.39, 0.29) is 24.9 Å². The van der Waals surface area contributed by atoms with Crippen LogP contribution in [-0.4, -0.2) is 48.2 Å². The Morgan fingerprint density at radius 1 is 1.33 bits per heavy atom. The summed E-state index contributed by atoms with van der Waals surface area (Å²) in [5, 5.41) is 14.5. The standard InChI is InChI=1S/C17H22N2O5/c1-11(21)19-17(9-13(17)10-20)16(23)18-14(15(22)24-2)8-12-6-4-3-5-7-12/h3-7,13-14,20H,8-10H2,1-2H3,(H,18,23)(H,19,21)/t13-,14+,17-/m1/s1. The van der Waals surface area contributed by atoms with Gasteiger partial charge in [-0.05, 0) is 12.0 Å². The summed E-state index contributed by atoms with van der Waals surface area (Å²) < 4.78 is 4.76. The number of carbonyl (C=O) groups is 3. The molecule has 3 atom stereocenters. The molecule has 7 heteroatoms. The van der Waals surface area contributed by atoms with Crippen LogP contribution in [0.25, 0.3) is 0 Å². The van der Waals surface area contributed by atoms with Crippen LogP contribution in [0.5, 0.6) is 0 Å². The molecule has 1 aromatic rings. The van der Waals surface area contributed by atoms with Gasteiger partial charge < -0.3 is 20.5 Å². The van der Waals surface area contributed by atoms with Gasteiger partial charge in [0.05, 0.1) is 7.11 Å². The summed E-state index contributed by atoms with van der Waals surface area (Å²) in [7, 11) is 1.25. The zero-order valence-corrected chi connectivity index (χ0v) is 13.7. The molecule has 1 aliphatic rings. The first kappa shape index (κ1) is 17.9. The van der Waals surface area contributed by atoms with Crippen molar-refractivity contribution in [3.8, 4) is 0 Å². The molecule has 0 aliphatic heterocycles. The van der Waals surface area contributed by atoms with E-state index in [0.717, 1.165) is 5.56 Å². The van der Waals surface area contributed by atoms with Crippen molar-refractivity contribution in [2.75, 3.05) is 13.7 Å². The molecule has 0 unspecified atom stereocenters. The van der Waals surface area contributed by atoms with E-state index < -0.39 is 23.5 Å². The van der Waals surface area contributed by atoms with Crippen molar-refractivity contribution >= 4 is 17.8 Å². The van der Waals surface area contributed by atoms with Gasteiger partial charge in [0.1, 0.15) is 11.6 Å². The first-order valence-electron chi connectivity index (χ1n) is 7.75. The molecule has 2 rings (SSSR count). The van der Waals surface area contributed by atoms with Crippen molar-refractivity contribution in [3.05, 3.63) is 35.9 Å². The minimum absolute atomic E-state index is 0.213. The molecule has 0 heterocycles. The third-order valence-electron chi connectivity index (χ3n) is 4.20. The van der Waals surface area contributed by atoms with Gasteiger partial charge >= 0.3 is 5.97 Å². The zero-order valence-electron chi connectivity index (χ0n) is 13.7. The van der Waals surface area contributed by atoms with Crippen LogP contribution in [0.15, 0.2) is 30.3 Å². The van der Waals surface area contributed by atoms with E-state index in [1.54, 1.807) is 0 Å². The Hall–Kier alpha value is -2.41. The summed E-state index contributed by atoms with van der Waals surface area (Å²) in [6.07, 6.45) is 0.618. The van der Waals surface area contributed by atoms with Gasteiger partial charge in [0.15, 0.2) is 0 Å². The molecule has 1 fully saturated rings. The lowest BCUT2D eigenvalue weighted by molar-refractivity contribution is -0.145. The third-order valence-corrected chi connectivity index (χ3v) is 4.20. The van der Waals surface area contributed by atoms with Gasteiger partial charge in [0.2, 0.25) is 11.8 Å². The van der Waals surface area contributed by atoms with Crippen molar-refractivity contribution in [1.82, 2.24) is 10.6 Å². The van der Waals surface area contributed by atoms with Crippen LogP contribution in [0.4, 0.5) is 0 Å². The Bertz CT molecular complexity index is 619. The molecule has 3 N–H and O–H groups in total. The number of rotatable bonds is 7. The quantitative estimate of drug-likeness (QED) is 0.598. The molecule has 1 saturated carbocycles. The van der Waals surface area contributed by atoms with Crippen LogP contribution in [0, 0.1) is 5.92 Å². The monoisotopic (exact) mass is 334 g/mol. The molecule has 1 aliphatic carbocycles. The summed E-state index contributed by atoms with van der Waals surface area (Å²) in [4.78, 5) is 36.0. The lowest BCUT2D eigenvalue weighted by Crippen LogP contribution is -2.55. The number of nitrogens with one attached hydrogen (secondary N) is 2. The molecule has 0 radical (unpaired) electrons. The number of benzene rings is 1. The topological polar surface area (TPSA) is 105 Å². The van der Waals surface area contributed by atoms with Crippen molar-refractivity contribution in [2.45, 2.75) is 31.3 Å². The highest BCUT2D eigenvalue weighted by atomic mass is 16.5. The number of carbonyl (C=O) groups excluding carboxylic acids is 3. The highest BCUT2D eigenvalue weighted by Gasteiger charge is 2.60. The molecule has 0 saturated heterocycles. The van der Waals surface area contributed by atoms with Gasteiger partial charge in [-0.2, -0.15) is 0 Å². The summed E-state index contributed by atoms with van der Waals surface area (Å²) in [6, 6.07) is 8.37. The number of aliphatic hydroxyl groups excluding tert-OH is 1. The Morgan fingerprint density at radius 3 is 2.50 bits per heavy atom. The third kappa shape index (κ3) is 3.91. The van der Waals surface area contributed by atoms with Crippen LogP contribution in [0.2, 0.25) is 0 Å². The Kier molecular flexibility index (Phi) is 5.56. The first-order chi connectivity index (χ1) is 11.4. The van der Waals surface area contributed by atoms with E-state index >= 15 is 0 Å². The number of esters is 1. The van der Waals surface area contributed by atoms with Crippen LogP contribution < -0.4 is 10.6 Å². The fourth-order valence-electron chi connectivity index (χ4n) is 2.82. The molecule has 1 aromatic carbocycles. The lowest BCUT2D eigenvalue weighted by Gasteiger charge is -2.22. The fraction of sp³-hybridized carbons (Fsp3) is 0.471. The largest absolute Gasteiger partial charge is 0.467 e. The Labute approximate surface area is 140 Å². The maximum Gasteiger partial charge on any atom is 0.328 e. The number of ether oxygens (including phenoxy) is 1. The number of amides is 2. The molecule has 2 amide bonds. The van der Waals surface area contributed by atoms with E-state index in [9.17, 15) is 19.5 Å². The molecule has 24 heavy (non-hydrogen) atoms. The van der Waals surface area contributed by atoms with E-state index in [2.05, 4.69) is 10.6 Å². The van der Waals surface area contributed by atoms with E-state index in [0.29, 0.717) is 6.42 Å². The van der Waals surface area contributed by atoms with Gasteiger partial charge in [0, 0.05) is 25.9 Å². The van der Waals surface area contributed by atoms with Crippen LogP contribution in [-0.2, 0) is 25.5 Å². The number of hydrogen-bond donors (Lipinski definition) is 3. The molecule has 0 aromatic heterocycles. The average molecular weight is 334 g/mol. The van der Waals surface area contributed by atoms with Crippen molar-refractivity contribution < 1.29 is 24.2 Å². The molecule has 7 nitrogen and oxygen atoms in total. The predicted molar refractivity (Wildman–Crippen MR) is 85.8 cm³/mol. The van der Waals surface area contributed by atoms with Crippen molar-refractivity contribution in [3.63, 3.8) is 0 Å². The first-order valence-corrected chi connectivity index (χ1v) is 7.75. The van der Waals surface area contributed by atoms with E-state index in [1.807, 2.05) is 30.3 Å². The predicted octanol–water partition coefficient (Wildman–Crippen LogP) is -0.226. The molecule has 0 bridgehead atoms. The van der Waals surface area contributed by atoms with Crippen molar-refractivity contribution in [2.24, 2.45) is 5.92 Å². The summed E-state index contributed by atoms with van der Waals surface area (Å²) in [5.74, 6) is -1.76. The molecular weight excluding hydrogens is 312 g/mol. The highest BCUT2D eigenvalue weighted by Crippen LogP contribution is 2.43. The Morgan fingerprint density at radius 2 is 2.00 bits per heavy atom. The normalized spacial score (nSPS) is 23.0. The smallest absolute Gasteiger partial charge is 0.328 e. The maximum atomic E-state index is 12.6. The maximum absolute atomic E-state index is 12.6. The van der Waals surface area contributed by atoms with Crippen LogP contribution in [0.1, 0.15) is 18.9 Å². The fourth-order valence-corrected chi connectivity index (χ4v) is 2.82. The van der Waals surface area contributed by atoms with Gasteiger partial charge in [-0.3, -0.25) is 9.59 Å². The SMILES string of the molecule is COC(=O)[C@H](Cc1ccccc1)NC(=O)[C@@]1(NC(C)=O)C[C@@H]1CO. The van der Waals surface area contributed by atoms with Crippen molar-refractivity contribution in [1.29, 1.82) is 0 Å². The van der Waals surface area contributed by atoms with Gasteiger partial charge in [0.25, 0.3) is 0 Å². The van der Waals surface area contributed by atoms with Crippen LogP contribution >= 0.6 is 0 Å². The average Bonchev–Trinajstić information content (AvgIpc) is 3.28. The molecule has 0 spiro atoms. The minimum atomic E-state index is -1.15. The summed E-state index contributed by atoms with van der Waals surface area (Å²) in [6.45, 7) is 1.10. The second kappa shape index (κ2) is 7.44. The summed E-state index contributed by atoms with van der Waals surface area (Å²) >= 11 is 0. The second-order valence-electron chi connectivity index (χ2n) is 5.98. The highest BCUT2D eigenvalue weighted by molar-refractivity contribution is 5.96. The van der Waals surface area contributed by atoms with E-state index in [4.69, 9.17) is 4.74 Å². The minimum Gasteiger partial charge on any atom is -0.467 e. The summed E-state index contributed by atoms with van der Waals surface area (Å²) in [5.41, 5.74) is -0.278. The van der Waals surface area contributed by atoms with Crippen LogP contribution in [0.3, 0.4) is 0 Å². The lowest BCUT2D eigenvalue weighted by atomic mass is 10.0. The number of hydrogen-bond acceptors (Lipinski definition) is 5. The molecule has 130 valence electrons. The van der Waals surface area contributed by atoms with Gasteiger partial charge in [-0.25, -0.2) is 4.79 Å². The number of methoxy groups -OCH3 is 1. The molecular formula is C17H22N2O5.